The first kappa shape index (κ1) is 15.5. The van der Waals surface area contributed by atoms with Crippen molar-refractivity contribution in [1.29, 1.82) is 0 Å². The fraction of sp³-hybridized carbons (Fsp3) is 0.176. The van der Waals surface area contributed by atoms with Crippen LogP contribution >= 0.6 is 34.2 Å². The highest BCUT2D eigenvalue weighted by molar-refractivity contribution is 14.1. The molecule has 5 heteroatoms. The molecule has 1 fully saturated rings. The molecule has 2 aromatic rings. The molecular formula is C17H13ClINO2. The zero-order valence-electron chi connectivity index (χ0n) is 11.6. The number of anilines is 1. The minimum absolute atomic E-state index is 0.121. The molecule has 0 saturated carbocycles. The number of carbonyl (C=O) groups excluding carboxylic acids is 2. The number of rotatable bonds is 3. The molecule has 1 heterocycles. The second-order valence-electron chi connectivity index (χ2n) is 5.25. The standard InChI is InChI=1S/C17H13ClINO2/c18-13-7-5-11(6-8-13)9-12-10-16(21)20(17(12)22)15-4-2-1-3-14(15)19/h1-8,12H,9-10H2. The predicted octanol–water partition coefficient (Wildman–Crippen LogP) is 4.07. The summed E-state index contributed by atoms with van der Waals surface area (Å²) in [6.45, 7) is 0. The molecule has 2 aromatic carbocycles. The molecule has 1 unspecified atom stereocenters. The number of halogens is 2. The van der Waals surface area contributed by atoms with Gasteiger partial charge in [-0.2, -0.15) is 0 Å². The van der Waals surface area contributed by atoms with Crippen LogP contribution in [0.3, 0.4) is 0 Å². The van der Waals surface area contributed by atoms with E-state index in [1.54, 1.807) is 12.1 Å². The van der Waals surface area contributed by atoms with Gasteiger partial charge in [-0.3, -0.25) is 9.59 Å². The van der Waals surface area contributed by atoms with Gasteiger partial charge in [0.1, 0.15) is 0 Å². The first-order valence-corrected chi connectivity index (χ1v) is 8.37. The Labute approximate surface area is 147 Å². The summed E-state index contributed by atoms with van der Waals surface area (Å²) in [6.07, 6.45) is 0.814. The topological polar surface area (TPSA) is 37.4 Å². The zero-order valence-corrected chi connectivity index (χ0v) is 14.5. The van der Waals surface area contributed by atoms with Crippen molar-refractivity contribution < 1.29 is 9.59 Å². The first-order chi connectivity index (χ1) is 10.6. The van der Waals surface area contributed by atoms with Crippen molar-refractivity contribution in [1.82, 2.24) is 0 Å². The molecule has 22 heavy (non-hydrogen) atoms. The number of carbonyl (C=O) groups is 2. The third-order valence-corrected chi connectivity index (χ3v) is 4.89. The van der Waals surface area contributed by atoms with Gasteiger partial charge in [0, 0.05) is 15.0 Å². The number of imide groups is 1. The number of nitrogens with zero attached hydrogens (tertiary/aromatic N) is 1. The lowest BCUT2D eigenvalue weighted by Gasteiger charge is -2.16. The SMILES string of the molecule is O=C1CC(Cc2ccc(Cl)cc2)C(=O)N1c1ccccc1I. The third-order valence-electron chi connectivity index (χ3n) is 3.73. The van der Waals surface area contributed by atoms with E-state index in [0.29, 0.717) is 17.1 Å². The maximum absolute atomic E-state index is 12.6. The molecule has 0 bridgehead atoms. The van der Waals surface area contributed by atoms with E-state index in [0.717, 1.165) is 9.13 Å². The number of benzene rings is 2. The van der Waals surface area contributed by atoms with Crippen LogP contribution in [0.1, 0.15) is 12.0 Å². The van der Waals surface area contributed by atoms with E-state index < -0.39 is 0 Å². The minimum Gasteiger partial charge on any atom is -0.274 e. The van der Waals surface area contributed by atoms with Crippen LogP contribution in [0.15, 0.2) is 48.5 Å². The van der Waals surface area contributed by atoms with Crippen LogP contribution in [0.25, 0.3) is 0 Å². The quantitative estimate of drug-likeness (QED) is 0.549. The van der Waals surface area contributed by atoms with Gasteiger partial charge in [-0.15, -0.1) is 0 Å². The molecule has 1 atom stereocenters. The van der Waals surface area contributed by atoms with Gasteiger partial charge in [-0.25, -0.2) is 4.90 Å². The van der Waals surface area contributed by atoms with Crippen LogP contribution in [0.4, 0.5) is 5.69 Å². The molecule has 1 saturated heterocycles. The van der Waals surface area contributed by atoms with Crippen LogP contribution in [-0.4, -0.2) is 11.8 Å². The third kappa shape index (κ3) is 3.03. The normalized spacial score (nSPS) is 18.1. The molecule has 0 aliphatic carbocycles. The molecule has 3 nitrogen and oxygen atoms in total. The highest BCUT2D eigenvalue weighted by Gasteiger charge is 2.39. The summed E-state index contributed by atoms with van der Waals surface area (Å²) in [5.41, 5.74) is 1.69. The van der Waals surface area contributed by atoms with Crippen LogP contribution in [0.5, 0.6) is 0 Å². The molecule has 1 aliphatic rings. The van der Waals surface area contributed by atoms with Crippen LogP contribution in [0, 0.1) is 9.49 Å². The van der Waals surface area contributed by atoms with Crippen molar-refractivity contribution in [3.8, 4) is 0 Å². The average molecular weight is 426 g/mol. The molecular weight excluding hydrogens is 413 g/mol. The molecule has 0 spiro atoms. The molecule has 3 rings (SSSR count). The average Bonchev–Trinajstić information content (AvgIpc) is 2.77. The van der Waals surface area contributed by atoms with E-state index >= 15 is 0 Å². The maximum Gasteiger partial charge on any atom is 0.237 e. The molecule has 0 radical (unpaired) electrons. The highest BCUT2D eigenvalue weighted by atomic mass is 127. The molecule has 2 amide bonds. The van der Waals surface area contributed by atoms with E-state index in [4.69, 9.17) is 11.6 Å². The zero-order chi connectivity index (χ0) is 15.7. The van der Waals surface area contributed by atoms with E-state index in [1.807, 2.05) is 36.4 Å². The Morgan fingerprint density at radius 3 is 2.45 bits per heavy atom. The summed E-state index contributed by atoms with van der Waals surface area (Å²) >= 11 is 8.01. The van der Waals surface area contributed by atoms with Crippen LogP contribution in [0.2, 0.25) is 5.02 Å². The molecule has 1 aliphatic heterocycles. The van der Waals surface area contributed by atoms with Crippen molar-refractivity contribution in [3.05, 3.63) is 62.7 Å². The van der Waals surface area contributed by atoms with Gasteiger partial charge in [-0.05, 0) is 58.8 Å². The Kier molecular flexibility index (Phi) is 4.49. The summed E-state index contributed by atoms with van der Waals surface area (Å²) in [5.74, 6) is -0.554. The van der Waals surface area contributed by atoms with Gasteiger partial charge in [0.2, 0.25) is 11.8 Å². The van der Waals surface area contributed by atoms with E-state index in [2.05, 4.69) is 22.6 Å². The van der Waals surface area contributed by atoms with Gasteiger partial charge in [0.25, 0.3) is 0 Å². The maximum atomic E-state index is 12.6. The van der Waals surface area contributed by atoms with Crippen molar-refractivity contribution in [2.75, 3.05) is 4.90 Å². The largest absolute Gasteiger partial charge is 0.274 e. The Balaban J connectivity index is 1.82. The van der Waals surface area contributed by atoms with Gasteiger partial charge in [-0.1, -0.05) is 35.9 Å². The Morgan fingerprint density at radius 2 is 1.77 bits per heavy atom. The van der Waals surface area contributed by atoms with Crippen LogP contribution < -0.4 is 4.90 Å². The minimum atomic E-state index is -0.301. The van der Waals surface area contributed by atoms with Crippen molar-refractivity contribution in [2.24, 2.45) is 5.92 Å². The monoisotopic (exact) mass is 425 g/mol. The Hall–Kier alpha value is -1.40. The Bertz CT molecular complexity index is 730. The van der Waals surface area contributed by atoms with Crippen molar-refractivity contribution >= 4 is 51.7 Å². The number of amides is 2. The summed E-state index contributed by atoms with van der Waals surface area (Å²) in [4.78, 5) is 26.2. The molecule has 112 valence electrons. The van der Waals surface area contributed by atoms with Gasteiger partial charge in [0.15, 0.2) is 0 Å². The molecule has 0 N–H and O–H groups in total. The van der Waals surface area contributed by atoms with E-state index in [1.165, 1.54) is 4.90 Å². The summed E-state index contributed by atoms with van der Waals surface area (Å²) in [7, 11) is 0. The second kappa shape index (κ2) is 6.38. The van der Waals surface area contributed by atoms with E-state index in [9.17, 15) is 9.59 Å². The van der Waals surface area contributed by atoms with Gasteiger partial charge < -0.3 is 0 Å². The predicted molar refractivity (Wildman–Crippen MR) is 94.9 cm³/mol. The fourth-order valence-corrected chi connectivity index (χ4v) is 3.40. The number of hydrogen-bond donors (Lipinski definition) is 0. The van der Waals surface area contributed by atoms with Crippen LogP contribution in [-0.2, 0) is 16.0 Å². The summed E-state index contributed by atoms with van der Waals surface area (Å²) in [6, 6.07) is 14.8. The van der Waals surface area contributed by atoms with Crippen molar-refractivity contribution in [3.63, 3.8) is 0 Å². The Morgan fingerprint density at radius 1 is 1.09 bits per heavy atom. The smallest absolute Gasteiger partial charge is 0.237 e. The van der Waals surface area contributed by atoms with E-state index in [-0.39, 0.29) is 24.2 Å². The molecule has 0 aromatic heterocycles. The number of para-hydroxylation sites is 1. The number of hydrogen-bond acceptors (Lipinski definition) is 2. The van der Waals surface area contributed by atoms with Crippen molar-refractivity contribution in [2.45, 2.75) is 12.8 Å². The highest BCUT2D eigenvalue weighted by Crippen LogP contribution is 2.31. The van der Waals surface area contributed by atoms with Gasteiger partial charge in [0.05, 0.1) is 11.6 Å². The fourth-order valence-electron chi connectivity index (χ4n) is 2.65. The lowest BCUT2D eigenvalue weighted by atomic mass is 9.98. The summed E-state index contributed by atoms with van der Waals surface area (Å²) < 4.78 is 0.897. The second-order valence-corrected chi connectivity index (χ2v) is 6.85. The lowest BCUT2D eigenvalue weighted by Crippen LogP contribution is -2.31. The first-order valence-electron chi connectivity index (χ1n) is 6.92. The van der Waals surface area contributed by atoms with Gasteiger partial charge >= 0.3 is 0 Å². The summed E-state index contributed by atoms with van der Waals surface area (Å²) in [5, 5.41) is 0.665. The lowest BCUT2D eigenvalue weighted by molar-refractivity contribution is -0.122.